The Labute approximate surface area is 117 Å². The second kappa shape index (κ2) is 6.81. The standard InChI is InChI=1S/C12H21N5OS/c1-3-14-12-10(15-16-19-12)8-17-6-4-9(5-7-17)11(18)13-2/h9,14H,3-8H2,1-2H3,(H,13,18). The van der Waals surface area contributed by atoms with Crippen LogP contribution in [0.1, 0.15) is 25.5 Å². The van der Waals surface area contributed by atoms with Crippen LogP contribution in [0, 0.1) is 5.92 Å². The lowest BCUT2D eigenvalue weighted by molar-refractivity contribution is -0.125. The van der Waals surface area contributed by atoms with E-state index in [1.807, 2.05) is 0 Å². The Morgan fingerprint density at radius 2 is 2.21 bits per heavy atom. The number of hydrogen-bond donors (Lipinski definition) is 2. The number of nitrogens with one attached hydrogen (secondary N) is 2. The summed E-state index contributed by atoms with van der Waals surface area (Å²) in [4.78, 5) is 13.9. The molecule has 2 heterocycles. The molecule has 19 heavy (non-hydrogen) atoms. The monoisotopic (exact) mass is 283 g/mol. The van der Waals surface area contributed by atoms with Gasteiger partial charge in [0, 0.05) is 37.6 Å². The Balaban J connectivity index is 1.85. The molecule has 106 valence electrons. The van der Waals surface area contributed by atoms with Crippen molar-refractivity contribution in [2.24, 2.45) is 5.92 Å². The molecule has 0 aromatic carbocycles. The van der Waals surface area contributed by atoms with Crippen molar-refractivity contribution in [3.63, 3.8) is 0 Å². The average Bonchev–Trinajstić information content (AvgIpc) is 2.86. The summed E-state index contributed by atoms with van der Waals surface area (Å²) < 4.78 is 4.00. The van der Waals surface area contributed by atoms with E-state index in [1.54, 1.807) is 7.05 Å². The van der Waals surface area contributed by atoms with Crippen LogP contribution in [0.15, 0.2) is 0 Å². The van der Waals surface area contributed by atoms with Crippen molar-refractivity contribution in [3.05, 3.63) is 5.69 Å². The van der Waals surface area contributed by atoms with E-state index in [9.17, 15) is 4.79 Å². The zero-order valence-corrected chi connectivity index (χ0v) is 12.3. The van der Waals surface area contributed by atoms with Crippen LogP contribution in [0.3, 0.4) is 0 Å². The fraction of sp³-hybridized carbons (Fsp3) is 0.750. The molecular formula is C12H21N5OS. The molecule has 2 N–H and O–H groups in total. The highest BCUT2D eigenvalue weighted by Crippen LogP contribution is 2.23. The zero-order chi connectivity index (χ0) is 13.7. The summed E-state index contributed by atoms with van der Waals surface area (Å²) in [6.07, 6.45) is 1.85. The van der Waals surface area contributed by atoms with Crippen LogP contribution in [-0.2, 0) is 11.3 Å². The molecule has 1 aliphatic heterocycles. The van der Waals surface area contributed by atoms with Gasteiger partial charge in [-0.3, -0.25) is 9.69 Å². The van der Waals surface area contributed by atoms with Crippen molar-refractivity contribution >= 4 is 22.4 Å². The van der Waals surface area contributed by atoms with Gasteiger partial charge in [0.1, 0.15) is 10.7 Å². The molecule has 0 atom stereocenters. The minimum Gasteiger partial charge on any atom is -0.374 e. The van der Waals surface area contributed by atoms with Gasteiger partial charge in [0.05, 0.1) is 0 Å². The first-order chi connectivity index (χ1) is 9.24. The number of carbonyl (C=O) groups excluding carboxylic acids is 1. The highest BCUT2D eigenvalue weighted by molar-refractivity contribution is 7.10. The molecule has 1 fully saturated rings. The fourth-order valence-corrected chi connectivity index (χ4v) is 3.02. The zero-order valence-electron chi connectivity index (χ0n) is 11.5. The maximum absolute atomic E-state index is 11.6. The molecule has 0 spiro atoms. The average molecular weight is 283 g/mol. The van der Waals surface area contributed by atoms with Crippen molar-refractivity contribution < 1.29 is 4.79 Å². The van der Waals surface area contributed by atoms with Crippen molar-refractivity contribution in [1.82, 2.24) is 19.8 Å². The molecule has 0 unspecified atom stereocenters. The number of nitrogens with zero attached hydrogens (tertiary/aromatic N) is 3. The van der Waals surface area contributed by atoms with Gasteiger partial charge in [-0.15, -0.1) is 5.10 Å². The molecule has 0 radical (unpaired) electrons. The van der Waals surface area contributed by atoms with Gasteiger partial charge >= 0.3 is 0 Å². The molecule has 0 saturated carbocycles. The lowest BCUT2D eigenvalue weighted by Crippen LogP contribution is -2.39. The lowest BCUT2D eigenvalue weighted by Gasteiger charge is -2.30. The van der Waals surface area contributed by atoms with E-state index < -0.39 is 0 Å². The second-order valence-corrected chi connectivity index (χ2v) is 5.50. The Bertz CT molecular complexity index is 414. The first-order valence-electron chi connectivity index (χ1n) is 6.73. The summed E-state index contributed by atoms with van der Waals surface area (Å²) in [6.45, 7) is 5.66. The van der Waals surface area contributed by atoms with Gasteiger partial charge in [-0.1, -0.05) is 4.49 Å². The Morgan fingerprint density at radius 3 is 2.84 bits per heavy atom. The quantitative estimate of drug-likeness (QED) is 0.841. The number of carbonyl (C=O) groups is 1. The normalized spacial score (nSPS) is 17.4. The van der Waals surface area contributed by atoms with Gasteiger partial charge in [0.25, 0.3) is 0 Å². The van der Waals surface area contributed by atoms with Crippen LogP contribution in [0.4, 0.5) is 5.00 Å². The Kier molecular flexibility index (Phi) is 5.09. The first kappa shape index (κ1) is 14.2. The van der Waals surface area contributed by atoms with E-state index in [0.29, 0.717) is 0 Å². The summed E-state index contributed by atoms with van der Waals surface area (Å²) in [5.41, 5.74) is 1.02. The summed E-state index contributed by atoms with van der Waals surface area (Å²) in [7, 11) is 1.71. The van der Waals surface area contributed by atoms with Crippen LogP contribution in [0.5, 0.6) is 0 Å². The van der Waals surface area contributed by atoms with Crippen LogP contribution in [-0.4, -0.2) is 47.1 Å². The van der Waals surface area contributed by atoms with Gasteiger partial charge in [0.2, 0.25) is 5.91 Å². The Hall–Kier alpha value is -1.21. The van der Waals surface area contributed by atoms with E-state index in [4.69, 9.17) is 0 Å². The lowest BCUT2D eigenvalue weighted by atomic mass is 9.96. The third kappa shape index (κ3) is 3.63. The molecule has 6 nitrogen and oxygen atoms in total. The maximum Gasteiger partial charge on any atom is 0.222 e. The van der Waals surface area contributed by atoms with Gasteiger partial charge in [-0.05, 0) is 32.9 Å². The van der Waals surface area contributed by atoms with Crippen molar-refractivity contribution in [2.75, 3.05) is 32.0 Å². The molecule has 0 aliphatic carbocycles. The smallest absolute Gasteiger partial charge is 0.222 e. The molecule has 0 bridgehead atoms. The highest BCUT2D eigenvalue weighted by atomic mass is 32.1. The van der Waals surface area contributed by atoms with Gasteiger partial charge in [0.15, 0.2) is 0 Å². The van der Waals surface area contributed by atoms with E-state index in [2.05, 4.69) is 32.0 Å². The number of aromatic nitrogens is 2. The predicted octanol–water partition coefficient (Wildman–Crippen LogP) is 0.928. The van der Waals surface area contributed by atoms with E-state index >= 15 is 0 Å². The number of piperidine rings is 1. The third-order valence-corrected chi connectivity index (χ3v) is 4.20. The van der Waals surface area contributed by atoms with Gasteiger partial charge < -0.3 is 10.6 Å². The molecule has 1 aromatic heterocycles. The largest absolute Gasteiger partial charge is 0.374 e. The SMILES string of the molecule is CCNc1snnc1CN1CCC(C(=O)NC)CC1. The minimum atomic E-state index is 0.169. The molecule has 2 rings (SSSR count). The van der Waals surface area contributed by atoms with Crippen LogP contribution >= 0.6 is 11.5 Å². The van der Waals surface area contributed by atoms with Crippen molar-refractivity contribution in [2.45, 2.75) is 26.3 Å². The van der Waals surface area contributed by atoms with Gasteiger partial charge in [-0.25, -0.2) is 0 Å². The minimum absolute atomic E-state index is 0.169. The summed E-state index contributed by atoms with van der Waals surface area (Å²) in [5, 5.41) is 11.3. The number of anilines is 1. The first-order valence-corrected chi connectivity index (χ1v) is 7.51. The molecule has 1 amide bonds. The summed E-state index contributed by atoms with van der Waals surface area (Å²) in [5.74, 6) is 0.339. The summed E-state index contributed by atoms with van der Waals surface area (Å²) in [6, 6.07) is 0. The van der Waals surface area contributed by atoms with Crippen LogP contribution in [0.2, 0.25) is 0 Å². The highest BCUT2D eigenvalue weighted by Gasteiger charge is 2.25. The number of amides is 1. The molecule has 1 aliphatic rings. The van der Waals surface area contributed by atoms with Crippen molar-refractivity contribution in [3.8, 4) is 0 Å². The molecule has 1 aromatic rings. The topological polar surface area (TPSA) is 70.2 Å². The predicted molar refractivity (Wildman–Crippen MR) is 76.1 cm³/mol. The summed E-state index contributed by atoms with van der Waals surface area (Å²) >= 11 is 1.41. The van der Waals surface area contributed by atoms with E-state index in [1.165, 1.54) is 11.5 Å². The van der Waals surface area contributed by atoms with E-state index in [0.717, 1.165) is 49.7 Å². The molecule has 1 saturated heterocycles. The number of hydrogen-bond acceptors (Lipinski definition) is 6. The molecular weight excluding hydrogens is 262 g/mol. The second-order valence-electron chi connectivity index (χ2n) is 4.74. The van der Waals surface area contributed by atoms with Crippen molar-refractivity contribution in [1.29, 1.82) is 0 Å². The van der Waals surface area contributed by atoms with E-state index in [-0.39, 0.29) is 11.8 Å². The number of rotatable bonds is 5. The fourth-order valence-electron chi connectivity index (χ4n) is 2.38. The Morgan fingerprint density at radius 1 is 1.47 bits per heavy atom. The maximum atomic E-state index is 11.6. The third-order valence-electron chi connectivity index (χ3n) is 3.47. The molecule has 7 heteroatoms. The van der Waals surface area contributed by atoms with Crippen LogP contribution in [0.25, 0.3) is 0 Å². The van der Waals surface area contributed by atoms with Crippen LogP contribution < -0.4 is 10.6 Å². The number of likely N-dealkylation sites (tertiary alicyclic amines) is 1. The van der Waals surface area contributed by atoms with Gasteiger partial charge in [-0.2, -0.15) is 0 Å².